The molecule has 3 aromatic heterocycles. The van der Waals surface area contributed by atoms with Crippen LogP contribution in [0, 0.1) is 0 Å². The van der Waals surface area contributed by atoms with Crippen LogP contribution in [0.15, 0.2) is 54.2 Å². The number of rotatable bonds is 7. The minimum Gasteiger partial charge on any atom is -0.438 e. The Morgan fingerprint density at radius 1 is 1.25 bits per heavy atom. The molecule has 10 nitrogen and oxygen atoms in total. The summed E-state index contributed by atoms with van der Waals surface area (Å²) in [7, 11) is 1.23. The fourth-order valence-electron chi connectivity index (χ4n) is 3.79. The van der Waals surface area contributed by atoms with Crippen LogP contribution in [0.3, 0.4) is 0 Å². The van der Waals surface area contributed by atoms with Gasteiger partial charge in [0.15, 0.2) is 0 Å². The van der Waals surface area contributed by atoms with Gasteiger partial charge in [-0.05, 0) is 23.4 Å². The van der Waals surface area contributed by atoms with Gasteiger partial charge < -0.3 is 15.0 Å². The molecular weight excluding hydrogens is 468 g/mol. The molecule has 4 heterocycles. The molecule has 1 aliphatic heterocycles. The molecular formula is C24H23F2N9O. The predicted molar refractivity (Wildman–Crippen MR) is 129 cm³/mol. The van der Waals surface area contributed by atoms with Crippen molar-refractivity contribution in [1.29, 1.82) is 0 Å². The number of nitrogens with one attached hydrogen (secondary N) is 2. The molecule has 0 fully saturated rings. The summed E-state index contributed by atoms with van der Waals surface area (Å²) in [5.74, 6) is 0.631. The van der Waals surface area contributed by atoms with E-state index in [4.69, 9.17) is 9.72 Å². The van der Waals surface area contributed by atoms with E-state index in [1.807, 2.05) is 24.3 Å². The summed E-state index contributed by atoms with van der Waals surface area (Å²) in [6, 6.07) is 11.2. The molecule has 0 aliphatic carbocycles. The highest BCUT2D eigenvalue weighted by Crippen LogP contribution is 2.24. The van der Waals surface area contributed by atoms with Gasteiger partial charge in [0.25, 0.3) is 5.90 Å². The van der Waals surface area contributed by atoms with Crippen molar-refractivity contribution in [3.05, 3.63) is 71.8 Å². The Bertz CT molecular complexity index is 1390. The van der Waals surface area contributed by atoms with Crippen molar-refractivity contribution in [2.45, 2.75) is 25.9 Å². The number of H-pyrrole nitrogens is 1. The van der Waals surface area contributed by atoms with Crippen molar-refractivity contribution < 1.29 is 13.5 Å². The third-order valence-electron chi connectivity index (χ3n) is 5.64. The van der Waals surface area contributed by atoms with E-state index in [-0.39, 0.29) is 12.3 Å². The van der Waals surface area contributed by atoms with Crippen molar-refractivity contribution in [2.24, 2.45) is 4.99 Å². The molecule has 12 heteroatoms. The second-order valence-corrected chi connectivity index (χ2v) is 8.09. The van der Waals surface area contributed by atoms with Gasteiger partial charge in [-0.3, -0.25) is 9.98 Å². The maximum absolute atomic E-state index is 12.8. The number of tetrazole rings is 1. The van der Waals surface area contributed by atoms with Gasteiger partial charge in [-0.25, -0.2) is 4.98 Å². The smallest absolute Gasteiger partial charge is 0.312 e. The first kappa shape index (κ1) is 23.4. The number of aliphatic imine (C=N–C) groups is 1. The van der Waals surface area contributed by atoms with Crippen molar-refractivity contribution in [3.63, 3.8) is 0 Å². The molecule has 1 aliphatic rings. The molecule has 0 unspecified atom stereocenters. The number of fused-ring (bicyclic) bond motifs is 1. The summed E-state index contributed by atoms with van der Waals surface area (Å²) in [6.45, 7) is 5.66. The number of pyridine rings is 1. The second-order valence-electron chi connectivity index (χ2n) is 8.09. The highest BCUT2D eigenvalue weighted by Gasteiger charge is 2.17. The molecule has 2 N–H and O–H groups in total. The zero-order valence-electron chi connectivity index (χ0n) is 19.4. The van der Waals surface area contributed by atoms with Crippen LogP contribution in [0.4, 0.5) is 8.78 Å². The van der Waals surface area contributed by atoms with Gasteiger partial charge in [0.1, 0.15) is 18.1 Å². The van der Waals surface area contributed by atoms with E-state index in [1.165, 1.54) is 18.0 Å². The highest BCUT2D eigenvalue weighted by atomic mass is 19.3. The minimum atomic E-state index is -2.83. The predicted octanol–water partition coefficient (Wildman–Crippen LogP) is 3.10. The van der Waals surface area contributed by atoms with Gasteiger partial charge in [0.05, 0.1) is 17.1 Å². The van der Waals surface area contributed by atoms with Crippen LogP contribution in [-0.4, -0.2) is 61.1 Å². The van der Waals surface area contributed by atoms with Crippen molar-refractivity contribution in [3.8, 4) is 22.8 Å². The Hall–Kier alpha value is -4.32. The average Bonchev–Trinajstić information content (AvgIpc) is 3.55. The molecule has 0 saturated heterocycles. The first-order valence-corrected chi connectivity index (χ1v) is 11.2. The Kier molecular flexibility index (Phi) is 6.58. The average molecular weight is 492 g/mol. The summed E-state index contributed by atoms with van der Waals surface area (Å²) >= 11 is 0. The quantitative estimate of drug-likeness (QED) is 0.232. The molecule has 0 amide bonds. The summed E-state index contributed by atoms with van der Waals surface area (Å²) in [5.41, 5.74) is 5.08. The monoisotopic (exact) mass is 491 g/mol. The molecule has 5 rings (SSSR count). The highest BCUT2D eigenvalue weighted by molar-refractivity contribution is 5.84. The number of aromatic nitrogens is 7. The van der Waals surface area contributed by atoms with E-state index in [2.05, 4.69) is 42.3 Å². The fraction of sp³-hybridized carbons (Fsp3) is 0.250. The molecule has 36 heavy (non-hydrogen) atoms. The molecule has 0 radical (unpaired) electrons. The zero-order valence-corrected chi connectivity index (χ0v) is 19.4. The number of hydrogen-bond donors (Lipinski definition) is 2. The van der Waals surface area contributed by atoms with Crippen molar-refractivity contribution in [2.75, 3.05) is 13.6 Å². The lowest BCUT2D eigenvalue weighted by Crippen LogP contribution is -2.23. The summed E-state index contributed by atoms with van der Waals surface area (Å²) in [4.78, 5) is 17.3. The van der Waals surface area contributed by atoms with Gasteiger partial charge in [0.2, 0.25) is 5.82 Å². The third kappa shape index (κ3) is 5.03. The number of halogens is 2. The topological polar surface area (TPSA) is 119 Å². The molecule has 0 bridgehead atoms. The van der Waals surface area contributed by atoms with E-state index in [9.17, 15) is 8.78 Å². The lowest BCUT2D eigenvalue weighted by atomic mass is 10.1. The molecule has 0 spiro atoms. The first-order valence-electron chi connectivity index (χ1n) is 11.2. The van der Waals surface area contributed by atoms with Crippen LogP contribution in [0.2, 0.25) is 0 Å². The molecule has 0 saturated carbocycles. The maximum Gasteiger partial charge on any atom is 0.312 e. The minimum absolute atomic E-state index is 0.0321. The Labute approximate surface area is 205 Å². The lowest BCUT2D eigenvalue weighted by Gasteiger charge is -2.10. The molecule has 0 atom stereocenters. The fourth-order valence-corrected chi connectivity index (χ4v) is 3.79. The van der Waals surface area contributed by atoms with Gasteiger partial charge in [-0.2, -0.15) is 13.6 Å². The first-order chi connectivity index (χ1) is 17.5. The number of alkyl halides is 2. The number of nitrogens with zero attached hydrogens (tertiary/aromatic N) is 7. The van der Waals surface area contributed by atoms with Crippen LogP contribution in [0.1, 0.15) is 22.6 Å². The van der Waals surface area contributed by atoms with Gasteiger partial charge in [0, 0.05) is 49.4 Å². The molecule has 1 aromatic carbocycles. The van der Waals surface area contributed by atoms with Crippen molar-refractivity contribution in [1.82, 2.24) is 40.5 Å². The number of hydrogen-bond acceptors (Lipinski definition) is 8. The Balaban J connectivity index is 1.27. The summed E-state index contributed by atoms with van der Waals surface area (Å²) in [5, 5.41) is 16.1. The number of ether oxygens (including phenoxy) is 1. The summed E-state index contributed by atoms with van der Waals surface area (Å²) < 4.78 is 30.7. The van der Waals surface area contributed by atoms with E-state index in [1.54, 1.807) is 12.1 Å². The zero-order chi connectivity index (χ0) is 25.1. The number of benzene rings is 1. The number of aromatic amines is 1. The van der Waals surface area contributed by atoms with E-state index >= 15 is 0 Å². The maximum atomic E-state index is 12.8. The van der Waals surface area contributed by atoms with E-state index in [0.29, 0.717) is 17.1 Å². The normalized spacial score (nSPS) is 13.6. The van der Waals surface area contributed by atoms with Gasteiger partial charge in [-0.1, -0.05) is 24.8 Å². The van der Waals surface area contributed by atoms with Gasteiger partial charge >= 0.3 is 6.43 Å². The summed E-state index contributed by atoms with van der Waals surface area (Å²) in [6.07, 6.45) is -0.439. The molecule has 184 valence electrons. The Morgan fingerprint density at radius 2 is 2.11 bits per heavy atom. The van der Waals surface area contributed by atoms with Crippen LogP contribution in [0.5, 0.6) is 0 Å². The third-order valence-corrected chi connectivity index (χ3v) is 5.64. The van der Waals surface area contributed by atoms with Crippen LogP contribution < -0.4 is 5.32 Å². The lowest BCUT2D eigenvalue weighted by molar-refractivity contribution is 0.196. The van der Waals surface area contributed by atoms with Crippen LogP contribution in [-0.2, 0) is 24.2 Å². The standard InChI is InChI=1S/C24H23F2N9O/c1-14(36-24(27-2)21(25)26)17-6-7-18(29-11-17)13-35-33-23(32-34-35)16-5-3-4-15(10-16)22-30-19-8-9-28-12-20(19)31-22/h3-7,10-11,21,28H,1,8-9,12-13H2,2H3,(H,30,31). The number of imidazole rings is 1. The van der Waals surface area contributed by atoms with E-state index in [0.717, 1.165) is 47.8 Å². The van der Waals surface area contributed by atoms with Crippen LogP contribution >= 0.6 is 0 Å². The van der Waals surface area contributed by atoms with Gasteiger partial charge in [-0.15, -0.1) is 10.2 Å². The molecule has 4 aromatic rings. The SMILES string of the molecule is C=C(OC(=NC)C(F)F)c1ccc(Cn2nnc(-c3cccc(-c4nc5c([nH]4)CNCC5)c3)n2)nc1. The van der Waals surface area contributed by atoms with Crippen molar-refractivity contribution >= 4 is 11.7 Å². The largest absolute Gasteiger partial charge is 0.438 e. The Morgan fingerprint density at radius 3 is 2.86 bits per heavy atom. The second kappa shape index (κ2) is 10.1. The van der Waals surface area contributed by atoms with E-state index < -0.39 is 12.3 Å². The van der Waals surface area contributed by atoms with Crippen LogP contribution in [0.25, 0.3) is 28.5 Å².